The minimum absolute atomic E-state index is 0.108. The van der Waals surface area contributed by atoms with Gasteiger partial charge < -0.3 is 14.3 Å². The normalized spacial score (nSPS) is 15.5. The van der Waals surface area contributed by atoms with Gasteiger partial charge in [-0.25, -0.2) is 4.57 Å². The summed E-state index contributed by atoms with van der Waals surface area (Å²) in [5.41, 5.74) is 0.601. The summed E-state index contributed by atoms with van der Waals surface area (Å²) in [6.07, 6.45) is 0. The molecule has 1 aromatic rings. The number of phosphoric ester groups is 1. The molecule has 3 N–H and O–H groups in total. The predicted octanol–water partition coefficient (Wildman–Crippen LogP) is 1.70. The van der Waals surface area contributed by atoms with Crippen LogP contribution in [-0.2, 0) is 20.7 Å². The first-order valence-electron chi connectivity index (χ1n) is 4.04. The van der Waals surface area contributed by atoms with E-state index in [1.807, 2.05) is 0 Å². The Bertz CT molecular complexity index is 470. The molecule has 0 spiro atoms. The van der Waals surface area contributed by atoms with Gasteiger partial charge in [0.2, 0.25) is 0 Å². The van der Waals surface area contributed by atoms with Crippen LogP contribution >= 0.6 is 14.5 Å². The molecule has 0 aliphatic heterocycles. The summed E-state index contributed by atoms with van der Waals surface area (Å²) < 4.78 is 20.0. The second kappa shape index (κ2) is 4.94. The van der Waals surface area contributed by atoms with Crippen LogP contribution in [0.3, 0.4) is 0 Å². The summed E-state index contributed by atoms with van der Waals surface area (Å²) in [5, 5.41) is 0. The van der Waals surface area contributed by atoms with Crippen LogP contribution in [0.25, 0.3) is 0 Å². The Morgan fingerprint density at radius 1 is 1.25 bits per heavy atom. The van der Waals surface area contributed by atoms with Crippen LogP contribution in [-0.4, -0.2) is 14.7 Å². The third-order valence-electron chi connectivity index (χ3n) is 1.52. The smallest absolute Gasteiger partial charge is 0.404 e. The van der Waals surface area contributed by atoms with Crippen LogP contribution in [0.4, 0.5) is 0 Å². The van der Waals surface area contributed by atoms with E-state index in [4.69, 9.17) is 9.79 Å². The third kappa shape index (κ3) is 4.72. The largest absolute Gasteiger partial charge is 0.534 e. The van der Waals surface area contributed by atoms with E-state index >= 15 is 0 Å². The molecule has 0 aromatic heterocycles. The summed E-state index contributed by atoms with van der Waals surface area (Å²) in [7, 11) is -4.62. The Balaban J connectivity index is 2.85. The van der Waals surface area contributed by atoms with Gasteiger partial charge in [-0.3, -0.25) is 4.89 Å². The molecule has 0 amide bonds. The highest BCUT2D eigenvalue weighted by Gasteiger charge is 2.31. The van der Waals surface area contributed by atoms with Crippen LogP contribution in [0.5, 0.6) is 5.75 Å². The van der Waals surface area contributed by atoms with E-state index in [1.165, 1.54) is 6.07 Å². The van der Waals surface area contributed by atoms with Gasteiger partial charge in [0.15, 0.2) is 0 Å². The number of hydrogen-bond donors (Lipinski definition) is 3. The molecule has 1 rings (SSSR count). The standard InChI is InChI=1S/C7H10O6P2S/c1-6-4-2-3-5-7(6)12-14(8,9)13-15(10,11)16/h2-5H,1H3,(H,8,9)(H2,10,11,16). The maximum atomic E-state index is 11.3. The SMILES string of the molecule is Cc1ccccc1OP(=O)(O)OP(O)(O)=S. The van der Waals surface area contributed by atoms with E-state index in [1.54, 1.807) is 25.1 Å². The van der Waals surface area contributed by atoms with Crippen molar-refractivity contribution in [2.45, 2.75) is 6.92 Å². The number of hydrogen-bond acceptors (Lipinski definition) is 4. The molecule has 0 aliphatic rings. The van der Waals surface area contributed by atoms with Crippen LogP contribution in [0, 0.1) is 6.92 Å². The van der Waals surface area contributed by atoms with E-state index in [9.17, 15) is 9.46 Å². The molecule has 1 aromatic carbocycles. The van der Waals surface area contributed by atoms with Crippen LogP contribution in [0.15, 0.2) is 24.3 Å². The summed E-state index contributed by atoms with van der Waals surface area (Å²) in [6.45, 7) is -2.59. The molecule has 6 nitrogen and oxygen atoms in total. The lowest BCUT2D eigenvalue weighted by atomic mass is 10.2. The van der Waals surface area contributed by atoms with E-state index in [0.29, 0.717) is 5.56 Å². The lowest BCUT2D eigenvalue weighted by molar-refractivity contribution is 0.265. The summed E-state index contributed by atoms with van der Waals surface area (Å²) in [6, 6.07) is 6.41. The maximum absolute atomic E-state index is 11.3. The van der Waals surface area contributed by atoms with Gasteiger partial charge in [0.25, 0.3) is 0 Å². The second-order valence-electron chi connectivity index (χ2n) is 2.90. The Labute approximate surface area is 97.3 Å². The lowest BCUT2D eigenvalue weighted by Crippen LogP contribution is -1.96. The molecule has 0 bridgehead atoms. The zero-order chi connectivity index (χ0) is 12.4. The molecule has 1 unspecified atom stereocenters. The van der Waals surface area contributed by atoms with Gasteiger partial charge in [-0.2, -0.15) is 4.31 Å². The van der Waals surface area contributed by atoms with Crippen molar-refractivity contribution in [1.29, 1.82) is 0 Å². The fourth-order valence-electron chi connectivity index (χ4n) is 0.934. The van der Waals surface area contributed by atoms with Crippen LogP contribution in [0.2, 0.25) is 0 Å². The number of para-hydroxylation sites is 1. The van der Waals surface area contributed by atoms with Gasteiger partial charge in [-0.15, -0.1) is 0 Å². The maximum Gasteiger partial charge on any atom is 0.534 e. The van der Waals surface area contributed by atoms with Crippen molar-refractivity contribution in [2.75, 3.05) is 0 Å². The quantitative estimate of drug-likeness (QED) is 0.724. The Kier molecular flexibility index (Phi) is 4.26. The highest BCUT2D eigenvalue weighted by molar-refractivity contribution is 8.08. The van der Waals surface area contributed by atoms with E-state index in [2.05, 4.69) is 20.6 Å². The fourth-order valence-corrected chi connectivity index (χ4v) is 3.35. The minimum atomic E-state index is -4.62. The summed E-state index contributed by atoms with van der Waals surface area (Å²) in [4.78, 5) is 26.7. The van der Waals surface area contributed by atoms with E-state index in [-0.39, 0.29) is 5.75 Å². The highest BCUT2D eigenvalue weighted by atomic mass is 32.5. The molecule has 90 valence electrons. The molecule has 0 saturated carbocycles. The Hall–Kier alpha value is -0.260. The van der Waals surface area contributed by atoms with Crippen molar-refractivity contribution < 1.29 is 28.1 Å². The third-order valence-corrected chi connectivity index (χ3v) is 4.22. The molecule has 0 aliphatic carbocycles. The lowest BCUT2D eigenvalue weighted by Gasteiger charge is -2.15. The first-order chi connectivity index (χ1) is 7.20. The number of phosphoric acid groups is 1. The molecule has 0 saturated heterocycles. The predicted molar refractivity (Wildman–Crippen MR) is 61.4 cm³/mol. The molecular weight excluding hydrogens is 274 g/mol. The first kappa shape index (κ1) is 13.8. The summed E-state index contributed by atoms with van der Waals surface area (Å²) >= 11 is 4.07. The van der Waals surface area contributed by atoms with E-state index in [0.717, 1.165) is 0 Å². The van der Waals surface area contributed by atoms with Gasteiger partial charge in [0.1, 0.15) is 5.75 Å². The minimum Gasteiger partial charge on any atom is -0.404 e. The van der Waals surface area contributed by atoms with Crippen molar-refractivity contribution in [3.8, 4) is 5.75 Å². The molecule has 1 atom stereocenters. The number of rotatable bonds is 4. The molecule has 0 radical (unpaired) electrons. The van der Waals surface area contributed by atoms with Gasteiger partial charge in [0.05, 0.1) is 0 Å². The van der Waals surface area contributed by atoms with Crippen molar-refractivity contribution in [3.05, 3.63) is 29.8 Å². The topological polar surface area (TPSA) is 96.2 Å². The van der Waals surface area contributed by atoms with Crippen LogP contribution < -0.4 is 4.52 Å². The van der Waals surface area contributed by atoms with Gasteiger partial charge >= 0.3 is 14.5 Å². The van der Waals surface area contributed by atoms with E-state index < -0.39 is 14.5 Å². The summed E-state index contributed by atoms with van der Waals surface area (Å²) in [5.74, 6) is 0.108. The molecule has 0 fully saturated rings. The average molecular weight is 284 g/mol. The van der Waals surface area contributed by atoms with Crippen molar-refractivity contribution >= 4 is 26.3 Å². The van der Waals surface area contributed by atoms with Crippen molar-refractivity contribution in [1.82, 2.24) is 0 Å². The highest BCUT2D eigenvalue weighted by Crippen LogP contribution is 2.57. The zero-order valence-electron chi connectivity index (χ0n) is 8.18. The molecule has 9 heteroatoms. The van der Waals surface area contributed by atoms with Crippen LogP contribution in [0.1, 0.15) is 5.56 Å². The van der Waals surface area contributed by atoms with Crippen molar-refractivity contribution in [2.24, 2.45) is 0 Å². The van der Waals surface area contributed by atoms with Gasteiger partial charge in [-0.05, 0) is 30.4 Å². The van der Waals surface area contributed by atoms with Crippen molar-refractivity contribution in [3.63, 3.8) is 0 Å². The number of benzene rings is 1. The molecule has 16 heavy (non-hydrogen) atoms. The molecule has 0 heterocycles. The first-order valence-corrected chi connectivity index (χ1v) is 8.17. The Morgan fingerprint density at radius 2 is 1.81 bits per heavy atom. The number of aryl methyl sites for hydroxylation is 1. The fraction of sp³-hybridized carbons (Fsp3) is 0.143. The van der Waals surface area contributed by atoms with Gasteiger partial charge in [-0.1, -0.05) is 18.2 Å². The molecular formula is C7H10O6P2S. The second-order valence-corrected chi connectivity index (χ2v) is 7.08. The Morgan fingerprint density at radius 3 is 2.31 bits per heavy atom. The monoisotopic (exact) mass is 284 g/mol. The van der Waals surface area contributed by atoms with Gasteiger partial charge in [0, 0.05) is 0 Å². The zero-order valence-corrected chi connectivity index (χ0v) is 10.8. The average Bonchev–Trinajstić information content (AvgIpc) is 2.04.